The average Bonchev–Trinajstić information content (AvgIpc) is 2.43. The summed E-state index contributed by atoms with van der Waals surface area (Å²) in [5.74, 6) is 0. The van der Waals surface area contributed by atoms with Crippen LogP contribution >= 0.6 is 0 Å². The molecule has 2 rings (SSSR count). The molecule has 0 radical (unpaired) electrons. The second kappa shape index (κ2) is 7.22. The van der Waals surface area contributed by atoms with E-state index in [1.165, 1.54) is 27.8 Å². The molecule has 0 saturated heterocycles. The van der Waals surface area contributed by atoms with E-state index in [9.17, 15) is 0 Å². The molecule has 0 unspecified atom stereocenters. The molecule has 0 aromatic heterocycles. The Morgan fingerprint density at radius 1 is 0.900 bits per heavy atom. The van der Waals surface area contributed by atoms with Crippen molar-refractivity contribution in [2.45, 2.75) is 33.5 Å². The van der Waals surface area contributed by atoms with Crippen LogP contribution in [0.15, 0.2) is 42.5 Å². The van der Waals surface area contributed by atoms with Crippen LogP contribution in [0.3, 0.4) is 0 Å². The number of aryl methyl sites for hydroxylation is 2. The van der Waals surface area contributed by atoms with Crippen LogP contribution in [0.1, 0.15) is 27.8 Å². The number of methoxy groups -OCH3 is 1. The fourth-order valence-electron chi connectivity index (χ4n) is 2.46. The maximum absolute atomic E-state index is 5.17. The van der Waals surface area contributed by atoms with Crippen molar-refractivity contribution in [2.75, 3.05) is 7.11 Å². The molecule has 0 aliphatic rings. The van der Waals surface area contributed by atoms with Crippen LogP contribution in [-0.2, 0) is 24.4 Å². The predicted octanol–water partition coefficient (Wildman–Crippen LogP) is 3.74. The molecule has 2 nitrogen and oxygen atoms in total. The monoisotopic (exact) mass is 269 g/mol. The van der Waals surface area contributed by atoms with E-state index in [2.05, 4.69) is 61.6 Å². The van der Waals surface area contributed by atoms with Crippen molar-refractivity contribution in [3.8, 4) is 0 Å². The Balaban J connectivity index is 1.94. The molecule has 2 heteroatoms. The quantitative estimate of drug-likeness (QED) is 0.862. The molecule has 0 aliphatic heterocycles. The molecule has 0 spiro atoms. The third kappa shape index (κ3) is 3.92. The van der Waals surface area contributed by atoms with Gasteiger partial charge in [0.25, 0.3) is 0 Å². The lowest BCUT2D eigenvalue weighted by Crippen LogP contribution is -2.14. The van der Waals surface area contributed by atoms with Crippen molar-refractivity contribution in [3.05, 3.63) is 70.3 Å². The largest absolute Gasteiger partial charge is 0.380 e. The van der Waals surface area contributed by atoms with Crippen LogP contribution in [0.4, 0.5) is 0 Å². The minimum Gasteiger partial charge on any atom is -0.380 e. The second-order valence-corrected chi connectivity index (χ2v) is 5.23. The Bertz CT molecular complexity index is 543. The first-order chi connectivity index (χ1) is 9.70. The summed E-state index contributed by atoms with van der Waals surface area (Å²) in [5, 5.41) is 3.53. The summed E-state index contributed by atoms with van der Waals surface area (Å²) in [5.41, 5.74) is 6.63. The third-order valence-electron chi connectivity index (χ3n) is 3.58. The smallest absolute Gasteiger partial charge is 0.0713 e. The van der Waals surface area contributed by atoms with Crippen molar-refractivity contribution in [1.29, 1.82) is 0 Å². The first-order valence-electron chi connectivity index (χ1n) is 7.03. The summed E-state index contributed by atoms with van der Waals surface area (Å²) in [7, 11) is 1.73. The van der Waals surface area contributed by atoms with Gasteiger partial charge >= 0.3 is 0 Å². The number of benzene rings is 2. The van der Waals surface area contributed by atoms with E-state index >= 15 is 0 Å². The summed E-state index contributed by atoms with van der Waals surface area (Å²) in [4.78, 5) is 0. The van der Waals surface area contributed by atoms with Crippen LogP contribution in [0.25, 0.3) is 0 Å². The fraction of sp³-hybridized carbons (Fsp3) is 0.333. The molecule has 0 amide bonds. The van der Waals surface area contributed by atoms with E-state index in [4.69, 9.17) is 4.74 Å². The van der Waals surface area contributed by atoms with Crippen LogP contribution in [-0.4, -0.2) is 7.11 Å². The van der Waals surface area contributed by atoms with Gasteiger partial charge < -0.3 is 10.1 Å². The van der Waals surface area contributed by atoms with Gasteiger partial charge in [-0.25, -0.2) is 0 Å². The summed E-state index contributed by atoms with van der Waals surface area (Å²) < 4.78 is 5.17. The zero-order valence-electron chi connectivity index (χ0n) is 12.6. The zero-order chi connectivity index (χ0) is 14.4. The molecule has 0 atom stereocenters. The highest BCUT2D eigenvalue weighted by Crippen LogP contribution is 2.13. The average molecular weight is 269 g/mol. The molecule has 1 N–H and O–H groups in total. The molecule has 0 saturated carbocycles. The zero-order valence-corrected chi connectivity index (χ0v) is 12.6. The van der Waals surface area contributed by atoms with E-state index in [1.54, 1.807) is 7.11 Å². The van der Waals surface area contributed by atoms with Gasteiger partial charge in [-0.2, -0.15) is 0 Å². The van der Waals surface area contributed by atoms with Gasteiger partial charge in [-0.15, -0.1) is 0 Å². The van der Waals surface area contributed by atoms with Crippen LogP contribution in [0.5, 0.6) is 0 Å². The molecular weight excluding hydrogens is 246 g/mol. The highest BCUT2D eigenvalue weighted by molar-refractivity contribution is 5.33. The number of rotatable bonds is 6. The molecule has 106 valence electrons. The lowest BCUT2D eigenvalue weighted by atomic mass is 10.0. The number of ether oxygens (including phenoxy) is 1. The summed E-state index contributed by atoms with van der Waals surface area (Å²) >= 11 is 0. The van der Waals surface area contributed by atoms with E-state index in [1.807, 2.05) is 0 Å². The Morgan fingerprint density at radius 3 is 2.25 bits per heavy atom. The van der Waals surface area contributed by atoms with Crippen molar-refractivity contribution < 1.29 is 4.74 Å². The molecule has 20 heavy (non-hydrogen) atoms. The third-order valence-corrected chi connectivity index (χ3v) is 3.58. The molecule has 0 bridgehead atoms. The van der Waals surface area contributed by atoms with Gasteiger partial charge in [0.15, 0.2) is 0 Å². The van der Waals surface area contributed by atoms with Crippen LogP contribution in [0.2, 0.25) is 0 Å². The van der Waals surface area contributed by atoms with Gasteiger partial charge in [0.1, 0.15) is 0 Å². The van der Waals surface area contributed by atoms with Crippen LogP contribution in [0, 0.1) is 13.8 Å². The van der Waals surface area contributed by atoms with E-state index in [-0.39, 0.29) is 0 Å². The van der Waals surface area contributed by atoms with Crippen molar-refractivity contribution >= 4 is 0 Å². The van der Waals surface area contributed by atoms with Gasteiger partial charge in [-0.1, -0.05) is 42.5 Å². The standard InChI is InChI=1S/C18H23NO/c1-14-6-4-7-15(2)18(14)12-19-11-16-8-5-9-17(10-16)13-20-3/h4-10,19H,11-13H2,1-3H3. The number of hydrogen-bond acceptors (Lipinski definition) is 2. The second-order valence-electron chi connectivity index (χ2n) is 5.23. The molecular formula is C18H23NO. The highest BCUT2D eigenvalue weighted by atomic mass is 16.5. The first-order valence-corrected chi connectivity index (χ1v) is 7.03. The minimum absolute atomic E-state index is 0.671. The van der Waals surface area contributed by atoms with E-state index < -0.39 is 0 Å². The van der Waals surface area contributed by atoms with Gasteiger partial charge in [0.05, 0.1) is 6.61 Å². The minimum atomic E-state index is 0.671. The van der Waals surface area contributed by atoms with Crippen LogP contribution < -0.4 is 5.32 Å². The first kappa shape index (κ1) is 14.8. The molecule has 0 aliphatic carbocycles. The van der Waals surface area contributed by atoms with Gasteiger partial charge in [0, 0.05) is 20.2 Å². The maximum Gasteiger partial charge on any atom is 0.0713 e. The van der Waals surface area contributed by atoms with E-state index in [0.29, 0.717) is 6.61 Å². The Labute approximate surface area is 121 Å². The Kier molecular flexibility index (Phi) is 5.33. The normalized spacial score (nSPS) is 10.8. The predicted molar refractivity (Wildman–Crippen MR) is 83.6 cm³/mol. The van der Waals surface area contributed by atoms with Gasteiger partial charge in [-0.3, -0.25) is 0 Å². The lowest BCUT2D eigenvalue weighted by molar-refractivity contribution is 0.185. The highest BCUT2D eigenvalue weighted by Gasteiger charge is 2.02. The maximum atomic E-state index is 5.17. The number of nitrogens with one attached hydrogen (secondary N) is 1. The SMILES string of the molecule is COCc1cccc(CNCc2c(C)cccc2C)c1. The van der Waals surface area contributed by atoms with E-state index in [0.717, 1.165) is 13.1 Å². The fourth-order valence-corrected chi connectivity index (χ4v) is 2.46. The van der Waals surface area contributed by atoms with Crippen molar-refractivity contribution in [2.24, 2.45) is 0 Å². The molecule has 2 aromatic rings. The topological polar surface area (TPSA) is 21.3 Å². The Morgan fingerprint density at radius 2 is 1.55 bits per heavy atom. The summed E-state index contributed by atoms with van der Waals surface area (Å²) in [6.45, 7) is 6.80. The summed E-state index contributed by atoms with van der Waals surface area (Å²) in [6, 6.07) is 15.0. The van der Waals surface area contributed by atoms with Gasteiger partial charge in [-0.05, 0) is 41.7 Å². The molecule has 0 fully saturated rings. The molecule has 0 heterocycles. The van der Waals surface area contributed by atoms with Gasteiger partial charge in [0.2, 0.25) is 0 Å². The van der Waals surface area contributed by atoms with Crippen molar-refractivity contribution in [3.63, 3.8) is 0 Å². The lowest BCUT2D eigenvalue weighted by Gasteiger charge is -2.11. The summed E-state index contributed by atoms with van der Waals surface area (Å²) in [6.07, 6.45) is 0. The molecule has 2 aromatic carbocycles. The Hall–Kier alpha value is -1.64. The number of hydrogen-bond donors (Lipinski definition) is 1. The van der Waals surface area contributed by atoms with Crippen molar-refractivity contribution in [1.82, 2.24) is 5.32 Å².